The van der Waals surface area contributed by atoms with Gasteiger partial charge in [-0.3, -0.25) is 4.79 Å². The zero-order chi connectivity index (χ0) is 14.1. The average molecular weight is 397 g/mol. The van der Waals surface area contributed by atoms with Crippen molar-refractivity contribution in [2.75, 3.05) is 11.5 Å². The molecule has 1 aliphatic heterocycles. The molecule has 1 amide bonds. The van der Waals surface area contributed by atoms with E-state index in [0.29, 0.717) is 6.54 Å². The lowest BCUT2D eigenvalue weighted by Crippen LogP contribution is -2.38. The molecular weight excluding hydrogens is 386 g/mol. The van der Waals surface area contributed by atoms with Crippen molar-refractivity contribution in [1.82, 2.24) is 0 Å². The molecule has 2 aromatic rings. The van der Waals surface area contributed by atoms with Crippen LogP contribution in [0.2, 0.25) is 0 Å². The first-order chi connectivity index (χ1) is 9.65. The van der Waals surface area contributed by atoms with Crippen molar-refractivity contribution in [1.29, 1.82) is 0 Å². The summed E-state index contributed by atoms with van der Waals surface area (Å²) in [6, 6.07) is 13.6. The summed E-state index contributed by atoms with van der Waals surface area (Å²) >= 11 is 6.95. The summed E-state index contributed by atoms with van der Waals surface area (Å²) in [4.78, 5) is 13.9. The number of nitrogens with zero attached hydrogens (tertiary/aromatic N) is 1. The molecule has 3 rings (SSSR count). The summed E-state index contributed by atoms with van der Waals surface area (Å²) in [5.74, 6) is 0.700. The Balaban J connectivity index is 1.99. The molecule has 0 saturated carbocycles. The van der Waals surface area contributed by atoms with Gasteiger partial charge in [0.25, 0.3) is 5.91 Å². The monoisotopic (exact) mass is 395 g/mol. The van der Waals surface area contributed by atoms with Crippen molar-refractivity contribution in [3.63, 3.8) is 0 Å². The molecule has 0 aromatic heterocycles. The summed E-state index contributed by atoms with van der Waals surface area (Å²) in [5.41, 5.74) is 1.86. The SMILES string of the molecule is O=C1COc2ccc(Br)cc2N1Cc1ccccc1Br. The number of carbonyl (C=O) groups is 1. The van der Waals surface area contributed by atoms with E-state index in [2.05, 4.69) is 31.9 Å². The summed E-state index contributed by atoms with van der Waals surface area (Å²) < 4.78 is 7.38. The second kappa shape index (κ2) is 5.58. The zero-order valence-electron chi connectivity index (χ0n) is 10.5. The fraction of sp³-hybridized carbons (Fsp3) is 0.133. The predicted molar refractivity (Wildman–Crippen MR) is 85.0 cm³/mol. The molecular formula is C15H11Br2NO2. The van der Waals surface area contributed by atoms with Gasteiger partial charge in [0, 0.05) is 8.95 Å². The van der Waals surface area contributed by atoms with Crippen molar-refractivity contribution < 1.29 is 9.53 Å². The number of benzene rings is 2. The van der Waals surface area contributed by atoms with Crippen LogP contribution in [0.15, 0.2) is 51.4 Å². The van der Waals surface area contributed by atoms with Gasteiger partial charge in [-0.1, -0.05) is 50.1 Å². The van der Waals surface area contributed by atoms with Crippen LogP contribution in [-0.4, -0.2) is 12.5 Å². The summed E-state index contributed by atoms with van der Waals surface area (Å²) in [6.07, 6.45) is 0. The van der Waals surface area contributed by atoms with Gasteiger partial charge >= 0.3 is 0 Å². The zero-order valence-corrected chi connectivity index (χ0v) is 13.6. The molecule has 0 saturated heterocycles. The Kier molecular flexibility index (Phi) is 3.81. The maximum Gasteiger partial charge on any atom is 0.265 e. The number of ether oxygens (including phenoxy) is 1. The van der Waals surface area contributed by atoms with Crippen molar-refractivity contribution in [3.05, 3.63) is 57.0 Å². The lowest BCUT2D eigenvalue weighted by molar-refractivity contribution is -0.121. The molecule has 0 aliphatic carbocycles. The molecule has 0 atom stereocenters. The fourth-order valence-corrected chi connectivity index (χ4v) is 2.90. The minimum atomic E-state index is -0.0358. The topological polar surface area (TPSA) is 29.5 Å². The van der Waals surface area contributed by atoms with Crippen LogP contribution in [0.5, 0.6) is 5.75 Å². The van der Waals surface area contributed by atoms with E-state index in [1.165, 1.54) is 0 Å². The van der Waals surface area contributed by atoms with E-state index in [1.54, 1.807) is 4.90 Å². The van der Waals surface area contributed by atoms with Crippen molar-refractivity contribution in [2.45, 2.75) is 6.54 Å². The van der Waals surface area contributed by atoms with E-state index in [4.69, 9.17) is 4.74 Å². The lowest BCUT2D eigenvalue weighted by Gasteiger charge is -2.29. The van der Waals surface area contributed by atoms with E-state index in [0.717, 1.165) is 25.9 Å². The first-order valence-corrected chi connectivity index (χ1v) is 7.70. The quantitative estimate of drug-likeness (QED) is 0.763. The molecule has 102 valence electrons. The first kappa shape index (κ1) is 13.6. The molecule has 1 heterocycles. The molecule has 0 radical (unpaired) electrons. The average Bonchev–Trinajstić information content (AvgIpc) is 2.44. The molecule has 0 fully saturated rings. The van der Waals surface area contributed by atoms with Crippen molar-refractivity contribution >= 4 is 43.5 Å². The van der Waals surface area contributed by atoms with Gasteiger partial charge in [0.15, 0.2) is 6.61 Å². The molecule has 2 aromatic carbocycles. The van der Waals surface area contributed by atoms with Gasteiger partial charge in [-0.25, -0.2) is 0 Å². The van der Waals surface area contributed by atoms with Gasteiger partial charge in [0.05, 0.1) is 12.2 Å². The molecule has 0 bridgehead atoms. The number of halogens is 2. The number of rotatable bonds is 2. The number of amides is 1. The first-order valence-electron chi connectivity index (χ1n) is 6.11. The largest absolute Gasteiger partial charge is 0.482 e. The Hall–Kier alpha value is -1.33. The second-order valence-electron chi connectivity index (χ2n) is 4.47. The van der Waals surface area contributed by atoms with E-state index in [9.17, 15) is 4.79 Å². The number of fused-ring (bicyclic) bond motifs is 1. The van der Waals surface area contributed by atoms with Crippen LogP contribution in [0, 0.1) is 0 Å². The Bertz CT molecular complexity index is 673. The Labute approximate surface area is 133 Å². The maximum absolute atomic E-state index is 12.2. The molecule has 5 heteroatoms. The van der Waals surface area contributed by atoms with Gasteiger partial charge in [0.2, 0.25) is 0 Å². The minimum Gasteiger partial charge on any atom is -0.482 e. The molecule has 0 unspecified atom stereocenters. The highest BCUT2D eigenvalue weighted by Crippen LogP contribution is 2.36. The van der Waals surface area contributed by atoms with E-state index in [-0.39, 0.29) is 12.5 Å². The van der Waals surface area contributed by atoms with E-state index in [1.807, 2.05) is 42.5 Å². The lowest BCUT2D eigenvalue weighted by atomic mass is 10.1. The third-order valence-corrected chi connectivity index (χ3v) is 4.42. The summed E-state index contributed by atoms with van der Waals surface area (Å²) in [5, 5.41) is 0. The van der Waals surface area contributed by atoms with Gasteiger partial charge in [-0.2, -0.15) is 0 Å². The van der Waals surface area contributed by atoms with Crippen LogP contribution < -0.4 is 9.64 Å². The highest BCUT2D eigenvalue weighted by Gasteiger charge is 2.26. The Morgan fingerprint density at radius 3 is 2.75 bits per heavy atom. The molecule has 0 N–H and O–H groups in total. The second-order valence-corrected chi connectivity index (χ2v) is 6.24. The van der Waals surface area contributed by atoms with Gasteiger partial charge < -0.3 is 9.64 Å². The summed E-state index contributed by atoms with van der Waals surface area (Å²) in [7, 11) is 0. The summed E-state index contributed by atoms with van der Waals surface area (Å²) in [6.45, 7) is 0.603. The smallest absolute Gasteiger partial charge is 0.265 e. The number of hydrogen-bond donors (Lipinski definition) is 0. The molecule has 3 nitrogen and oxygen atoms in total. The molecule has 1 aliphatic rings. The van der Waals surface area contributed by atoms with E-state index >= 15 is 0 Å². The number of hydrogen-bond acceptors (Lipinski definition) is 2. The normalized spacial score (nSPS) is 13.9. The van der Waals surface area contributed by atoms with Gasteiger partial charge in [-0.05, 0) is 29.8 Å². The van der Waals surface area contributed by atoms with Crippen LogP contribution in [0.4, 0.5) is 5.69 Å². The van der Waals surface area contributed by atoms with Crippen LogP contribution in [0.25, 0.3) is 0 Å². The third-order valence-electron chi connectivity index (χ3n) is 3.15. The Morgan fingerprint density at radius 2 is 1.95 bits per heavy atom. The number of anilines is 1. The van der Waals surface area contributed by atoms with E-state index < -0.39 is 0 Å². The molecule has 20 heavy (non-hydrogen) atoms. The minimum absolute atomic E-state index is 0.0358. The fourth-order valence-electron chi connectivity index (χ4n) is 2.15. The van der Waals surface area contributed by atoms with Gasteiger partial charge in [0.1, 0.15) is 5.75 Å². The predicted octanol–water partition coefficient (Wildman–Crippen LogP) is 4.14. The Morgan fingerprint density at radius 1 is 1.15 bits per heavy atom. The molecule has 0 spiro atoms. The van der Waals surface area contributed by atoms with Crippen molar-refractivity contribution in [2.24, 2.45) is 0 Å². The standard InChI is InChI=1S/C15H11Br2NO2/c16-11-5-6-14-13(7-11)18(15(19)9-20-14)8-10-3-1-2-4-12(10)17/h1-7H,8-9H2. The maximum atomic E-state index is 12.2. The highest BCUT2D eigenvalue weighted by atomic mass is 79.9. The van der Waals surface area contributed by atoms with Gasteiger partial charge in [-0.15, -0.1) is 0 Å². The van der Waals surface area contributed by atoms with Crippen LogP contribution in [0.3, 0.4) is 0 Å². The highest BCUT2D eigenvalue weighted by molar-refractivity contribution is 9.10. The van der Waals surface area contributed by atoms with Crippen LogP contribution in [-0.2, 0) is 11.3 Å². The number of carbonyl (C=O) groups excluding carboxylic acids is 1. The van der Waals surface area contributed by atoms with Crippen molar-refractivity contribution in [3.8, 4) is 5.75 Å². The third kappa shape index (κ3) is 2.60. The van der Waals surface area contributed by atoms with Crippen LogP contribution >= 0.6 is 31.9 Å². The van der Waals surface area contributed by atoms with Crippen LogP contribution in [0.1, 0.15) is 5.56 Å².